The molecule has 70 valence electrons. The number of nitrogens with two attached hydrogens (primary N) is 1. The molecule has 0 spiro atoms. The molecule has 0 aromatic heterocycles. The first kappa shape index (κ1) is 9.57. The second kappa shape index (κ2) is 2.76. The van der Waals surface area contributed by atoms with Gasteiger partial charge in [-0.3, -0.25) is 0 Å². The van der Waals surface area contributed by atoms with Crippen molar-refractivity contribution in [1.82, 2.24) is 5.32 Å². The summed E-state index contributed by atoms with van der Waals surface area (Å²) >= 11 is 4.38. The van der Waals surface area contributed by atoms with Crippen LogP contribution in [0.4, 0.5) is 13.2 Å². The normalized spacial score (nSPS) is 21.2. The maximum atomic E-state index is 12.3. The van der Waals surface area contributed by atoms with Crippen LogP contribution in [0, 0.1) is 0 Å². The van der Waals surface area contributed by atoms with E-state index in [4.69, 9.17) is 5.73 Å². The molecule has 1 aliphatic carbocycles. The van der Waals surface area contributed by atoms with Gasteiger partial charge in [0.25, 0.3) is 0 Å². The number of halogens is 3. The van der Waals surface area contributed by atoms with Crippen LogP contribution in [0.5, 0.6) is 0 Å². The summed E-state index contributed by atoms with van der Waals surface area (Å²) in [6.45, 7) is 0. The zero-order valence-electron chi connectivity index (χ0n) is 6.24. The number of thiocarbonyl (C=S) groups is 1. The van der Waals surface area contributed by atoms with Gasteiger partial charge >= 0.3 is 6.18 Å². The molecule has 0 atom stereocenters. The van der Waals surface area contributed by atoms with E-state index in [1.54, 1.807) is 0 Å². The average molecular weight is 198 g/mol. The highest BCUT2D eigenvalue weighted by Gasteiger charge is 2.58. The minimum Gasteiger partial charge on any atom is -0.376 e. The molecule has 12 heavy (non-hydrogen) atoms. The summed E-state index contributed by atoms with van der Waals surface area (Å²) in [7, 11) is 0. The van der Waals surface area contributed by atoms with Crippen LogP contribution in [0.2, 0.25) is 0 Å². The summed E-state index contributed by atoms with van der Waals surface area (Å²) < 4.78 is 37.0. The van der Waals surface area contributed by atoms with Crippen molar-refractivity contribution < 1.29 is 13.2 Å². The zero-order valence-corrected chi connectivity index (χ0v) is 7.06. The summed E-state index contributed by atoms with van der Waals surface area (Å²) in [5.41, 5.74) is 3.17. The van der Waals surface area contributed by atoms with Crippen LogP contribution in [0.25, 0.3) is 0 Å². The number of hydrogen-bond acceptors (Lipinski definition) is 1. The van der Waals surface area contributed by atoms with E-state index < -0.39 is 11.7 Å². The van der Waals surface area contributed by atoms with Crippen LogP contribution in [-0.4, -0.2) is 16.8 Å². The summed E-state index contributed by atoms with van der Waals surface area (Å²) in [4.78, 5) is 0. The Bertz CT molecular complexity index is 197. The van der Waals surface area contributed by atoms with E-state index in [9.17, 15) is 13.2 Å². The van der Waals surface area contributed by atoms with Gasteiger partial charge in [0.15, 0.2) is 5.11 Å². The standard InChI is InChI=1S/C6H9F3N2S/c7-6(8,9)5(2-1-3-5)11-4(10)12/h1-3H2,(H3,10,11,12). The largest absolute Gasteiger partial charge is 0.411 e. The van der Waals surface area contributed by atoms with Crippen molar-refractivity contribution in [3.05, 3.63) is 0 Å². The molecule has 2 nitrogen and oxygen atoms in total. The molecule has 1 fully saturated rings. The molecule has 0 aromatic carbocycles. The Morgan fingerprint density at radius 2 is 1.92 bits per heavy atom. The minimum absolute atomic E-state index is 0.0633. The molecule has 1 aliphatic rings. The Morgan fingerprint density at radius 1 is 1.42 bits per heavy atom. The molecule has 6 heteroatoms. The van der Waals surface area contributed by atoms with E-state index in [-0.39, 0.29) is 18.0 Å². The SMILES string of the molecule is NC(=S)NC1(C(F)(F)F)CCC1. The summed E-state index contributed by atoms with van der Waals surface area (Å²) in [6.07, 6.45) is -3.56. The van der Waals surface area contributed by atoms with Gasteiger partial charge in [0.05, 0.1) is 0 Å². The Morgan fingerprint density at radius 3 is 2.00 bits per heavy atom. The van der Waals surface area contributed by atoms with Crippen LogP contribution >= 0.6 is 12.2 Å². The van der Waals surface area contributed by atoms with Crippen LogP contribution in [0.3, 0.4) is 0 Å². The molecular formula is C6H9F3N2S. The van der Waals surface area contributed by atoms with Crippen molar-refractivity contribution in [2.75, 3.05) is 0 Å². The minimum atomic E-state index is -4.26. The topological polar surface area (TPSA) is 38.0 Å². The van der Waals surface area contributed by atoms with Gasteiger partial charge in [-0.1, -0.05) is 0 Å². The molecule has 0 aromatic rings. The smallest absolute Gasteiger partial charge is 0.376 e. The lowest BCUT2D eigenvalue weighted by Crippen LogP contribution is -2.63. The lowest BCUT2D eigenvalue weighted by atomic mass is 9.76. The number of alkyl halides is 3. The van der Waals surface area contributed by atoms with Crippen LogP contribution in [0.15, 0.2) is 0 Å². The van der Waals surface area contributed by atoms with E-state index >= 15 is 0 Å². The van der Waals surface area contributed by atoms with E-state index in [1.807, 2.05) is 0 Å². The molecule has 0 bridgehead atoms. The molecule has 0 heterocycles. The van der Waals surface area contributed by atoms with Gasteiger partial charge in [-0.25, -0.2) is 0 Å². The predicted molar refractivity (Wildman–Crippen MR) is 42.6 cm³/mol. The Hall–Kier alpha value is -0.520. The summed E-state index contributed by atoms with van der Waals surface area (Å²) in [5.74, 6) is 0. The Kier molecular flexibility index (Phi) is 2.20. The molecule has 0 radical (unpaired) electrons. The van der Waals surface area contributed by atoms with Crippen molar-refractivity contribution in [3.63, 3.8) is 0 Å². The Balaban J connectivity index is 2.70. The molecule has 1 rings (SSSR count). The molecular weight excluding hydrogens is 189 g/mol. The molecule has 0 aliphatic heterocycles. The first-order chi connectivity index (χ1) is 5.37. The maximum absolute atomic E-state index is 12.3. The van der Waals surface area contributed by atoms with E-state index in [2.05, 4.69) is 17.5 Å². The number of hydrogen-bond donors (Lipinski definition) is 2. The van der Waals surface area contributed by atoms with Gasteiger partial charge in [-0.15, -0.1) is 0 Å². The van der Waals surface area contributed by atoms with Crippen molar-refractivity contribution in [3.8, 4) is 0 Å². The first-order valence-corrected chi connectivity index (χ1v) is 3.93. The van der Waals surface area contributed by atoms with E-state index in [0.717, 1.165) is 0 Å². The quantitative estimate of drug-likeness (QED) is 0.624. The Labute approximate surface area is 73.3 Å². The second-order valence-electron chi connectivity index (χ2n) is 2.92. The van der Waals surface area contributed by atoms with Crippen molar-refractivity contribution >= 4 is 17.3 Å². The summed E-state index contributed by atoms with van der Waals surface area (Å²) in [6, 6.07) is 0. The van der Waals surface area contributed by atoms with Crippen LogP contribution < -0.4 is 11.1 Å². The molecule has 3 N–H and O–H groups in total. The molecule has 0 unspecified atom stereocenters. The van der Waals surface area contributed by atoms with Gasteiger partial charge in [0.1, 0.15) is 5.54 Å². The molecule has 0 saturated heterocycles. The van der Waals surface area contributed by atoms with Crippen molar-refractivity contribution in [2.24, 2.45) is 5.73 Å². The fourth-order valence-electron chi connectivity index (χ4n) is 1.25. The highest BCUT2D eigenvalue weighted by molar-refractivity contribution is 7.80. The highest BCUT2D eigenvalue weighted by atomic mass is 32.1. The van der Waals surface area contributed by atoms with Gasteiger partial charge < -0.3 is 11.1 Å². The molecule has 1 saturated carbocycles. The third-order valence-electron chi connectivity index (χ3n) is 2.11. The van der Waals surface area contributed by atoms with Gasteiger partial charge in [-0.2, -0.15) is 13.2 Å². The predicted octanol–water partition coefficient (Wildman–Crippen LogP) is 1.30. The van der Waals surface area contributed by atoms with Gasteiger partial charge in [0.2, 0.25) is 0 Å². The number of rotatable bonds is 1. The third kappa shape index (κ3) is 1.48. The van der Waals surface area contributed by atoms with Crippen molar-refractivity contribution in [2.45, 2.75) is 31.0 Å². The zero-order chi connectivity index (χ0) is 9.41. The maximum Gasteiger partial charge on any atom is 0.411 e. The monoisotopic (exact) mass is 198 g/mol. The lowest BCUT2D eigenvalue weighted by Gasteiger charge is -2.43. The van der Waals surface area contributed by atoms with E-state index in [0.29, 0.717) is 6.42 Å². The highest BCUT2D eigenvalue weighted by Crippen LogP contribution is 2.44. The fourth-order valence-corrected chi connectivity index (χ4v) is 1.44. The first-order valence-electron chi connectivity index (χ1n) is 3.52. The fraction of sp³-hybridized carbons (Fsp3) is 0.833. The average Bonchev–Trinajstić information content (AvgIpc) is 1.74. The van der Waals surface area contributed by atoms with Gasteiger partial charge in [-0.05, 0) is 31.5 Å². The molecule has 0 amide bonds. The number of nitrogens with one attached hydrogen (secondary N) is 1. The third-order valence-corrected chi connectivity index (χ3v) is 2.21. The lowest BCUT2D eigenvalue weighted by molar-refractivity contribution is -0.213. The van der Waals surface area contributed by atoms with Crippen LogP contribution in [0.1, 0.15) is 19.3 Å². The second-order valence-corrected chi connectivity index (χ2v) is 3.36. The van der Waals surface area contributed by atoms with Crippen LogP contribution in [-0.2, 0) is 0 Å². The van der Waals surface area contributed by atoms with Gasteiger partial charge in [0, 0.05) is 0 Å². The summed E-state index contributed by atoms with van der Waals surface area (Å²) in [5, 5.41) is 1.83. The van der Waals surface area contributed by atoms with Crippen molar-refractivity contribution in [1.29, 1.82) is 0 Å². The van der Waals surface area contributed by atoms with E-state index in [1.165, 1.54) is 0 Å².